The highest BCUT2D eigenvalue weighted by molar-refractivity contribution is 7.99. The molecule has 0 aliphatic carbocycles. The Kier molecular flexibility index (Phi) is 6.13. The number of aryl methyl sites for hydroxylation is 3. The van der Waals surface area contributed by atoms with Crippen molar-refractivity contribution in [1.82, 2.24) is 14.8 Å². The number of thiophene rings is 1. The molecular formula is C20H22N4OS2. The second-order valence-electron chi connectivity index (χ2n) is 6.26. The van der Waals surface area contributed by atoms with E-state index in [9.17, 15) is 4.79 Å². The van der Waals surface area contributed by atoms with Gasteiger partial charge in [-0.25, -0.2) is 0 Å². The summed E-state index contributed by atoms with van der Waals surface area (Å²) in [6.45, 7) is 10.5. The maximum absolute atomic E-state index is 12.4. The summed E-state index contributed by atoms with van der Waals surface area (Å²) in [5.41, 5.74) is 4.03. The number of hydrogen-bond acceptors (Lipinski definition) is 5. The fraction of sp³-hybridized carbons (Fsp3) is 0.250. The van der Waals surface area contributed by atoms with Crippen molar-refractivity contribution in [2.75, 3.05) is 11.1 Å². The van der Waals surface area contributed by atoms with Crippen molar-refractivity contribution >= 4 is 34.7 Å². The normalized spacial score (nSPS) is 10.8. The third-order valence-electron chi connectivity index (χ3n) is 4.10. The second-order valence-corrected chi connectivity index (χ2v) is 8.31. The molecule has 0 spiro atoms. The highest BCUT2D eigenvalue weighted by Crippen LogP contribution is 2.28. The highest BCUT2D eigenvalue weighted by Gasteiger charge is 2.16. The molecule has 0 aliphatic heterocycles. The first-order chi connectivity index (χ1) is 13.0. The zero-order chi connectivity index (χ0) is 19.4. The van der Waals surface area contributed by atoms with Crippen LogP contribution in [-0.2, 0) is 11.3 Å². The number of rotatable bonds is 7. The van der Waals surface area contributed by atoms with Gasteiger partial charge in [0.05, 0.1) is 5.75 Å². The summed E-state index contributed by atoms with van der Waals surface area (Å²) in [5.74, 6) is 1.02. The van der Waals surface area contributed by atoms with E-state index >= 15 is 0 Å². The van der Waals surface area contributed by atoms with Crippen molar-refractivity contribution in [2.45, 2.75) is 32.5 Å². The summed E-state index contributed by atoms with van der Waals surface area (Å²) >= 11 is 3.06. The first-order valence-electron chi connectivity index (χ1n) is 8.58. The summed E-state index contributed by atoms with van der Waals surface area (Å²) < 4.78 is 1.99. The second kappa shape index (κ2) is 8.54. The molecule has 1 amide bonds. The van der Waals surface area contributed by atoms with Gasteiger partial charge in [-0.1, -0.05) is 36.0 Å². The number of amides is 1. The van der Waals surface area contributed by atoms with Crippen LogP contribution in [-0.4, -0.2) is 26.4 Å². The van der Waals surface area contributed by atoms with Gasteiger partial charge in [0.15, 0.2) is 11.0 Å². The Hall–Kier alpha value is -2.38. The van der Waals surface area contributed by atoms with Crippen molar-refractivity contribution in [3.63, 3.8) is 0 Å². The number of para-hydroxylation sites is 1. The Bertz CT molecular complexity index is 954. The van der Waals surface area contributed by atoms with Crippen LogP contribution in [0.15, 0.2) is 47.5 Å². The van der Waals surface area contributed by atoms with Crippen LogP contribution in [0.5, 0.6) is 0 Å². The van der Waals surface area contributed by atoms with Crippen LogP contribution in [0.3, 0.4) is 0 Å². The van der Waals surface area contributed by atoms with E-state index < -0.39 is 0 Å². The van der Waals surface area contributed by atoms with E-state index in [1.54, 1.807) is 11.3 Å². The van der Waals surface area contributed by atoms with Crippen molar-refractivity contribution < 1.29 is 4.79 Å². The van der Waals surface area contributed by atoms with Gasteiger partial charge in [-0.15, -0.1) is 28.1 Å². The van der Waals surface area contributed by atoms with Crippen LogP contribution in [0.2, 0.25) is 0 Å². The molecule has 0 saturated heterocycles. The molecule has 2 aromatic heterocycles. The Labute approximate surface area is 167 Å². The van der Waals surface area contributed by atoms with Crippen molar-refractivity contribution in [2.24, 2.45) is 0 Å². The SMILES string of the molecule is C=CCn1c(SCC(=O)Nc2c(C)cccc2C)nnc1-c1csc(C)c1. The first-order valence-corrected chi connectivity index (χ1v) is 10.4. The van der Waals surface area contributed by atoms with Crippen LogP contribution in [0.1, 0.15) is 16.0 Å². The van der Waals surface area contributed by atoms with Crippen molar-refractivity contribution in [1.29, 1.82) is 0 Å². The lowest BCUT2D eigenvalue weighted by Gasteiger charge is -2.11. The smallest absolute Gasteiger partial charge is 0.234 e. The quantitative estimate of drug-likeness (QED) is 0.457. The van der Waals surface area contributed by atoms with Gasteiger partial charge in [0.25, 0.3) is 0 Å². The van der Waals surface area contributed by atoms with Gasteiger partial charge < -0.3 is 5.32 Å². The van der Waals surface area contributed by atoms with E-state index in [1.165, 1.54) is 16.6 Å². The molecule has 140 valence electrons. The van der Waals surface area contributed by atoms with E-state index in [0.29, 0.717) is 11.7 Å². The van der Waals surface area contributed by atoms with Gasteiger partial charge in [-0.2, -0.15) is 0 Å². The predicted octanol–water partition coefficient (Wildman–Crippen LogP) is 4.85. The van der Waals surface area contributed by atoms with Crippen LogP contribution in [0, 0.1) is 20.8 Å². The largest absolute Gasteiger partial charge is 0.325 e. The molecule has 0 bridgehead atoms. The molecule has 3 rings (SSSR count). The summed E-state index contributed by atoms with van der Waals surface area (Å²) in [4.78, 5) is 13.7. The minimum Gasteiger partial charge on any atom is -0.325 e. The van der Waals surface area contributed by atoms with Crippen LogP contribution in [0.4, 0.5) is 5.69 Å². The topological polar surface area (TPSA) is 59.8 Å². The number of nitrogens with one attached hydrogen (secondary N) is 1. The standard InChI is InChI=1S/C20H22N4OS2/c1-5-9-24-19(16-10-15(4)26-11-16)22-23-20(24)27-12-17(25)21-18-13(2)7-6-8-14(18)3/h5-8,10-11H,1,9,12H2,2-4H3,(H,21,25). The molecule has 2 heterocycles. The lowest BCUT2D eigenvalue weighted by atomic mass is 10.1. The minimum absolute atomic E-state index is 0.0570. The maximum Gasteiger partial charge on any atom is 0.234 e. The van der Waals surface area contributed by atoms with Crippen LogP contribution in [0.25, 0.3) is 11.4 Å². The van der Waals surface area contributed by atoms with E-state index in [1.807, 2.05) is 42.7 Å². The molecular weight excluding hydrogens is 376 g/mol. The van der Waals surface area contributed by atoms with E-state index in [0.717, 1.165) is 28.2 Å². The Balaban J connectivity index is 1.73. The molecule has 0 unspecified atom stereocenters. The Morgan fingerprint density at radius 2 is 2.04 bits per heavy atom. The zero-order valence-corrected chi connectivity index (χ0v) is 17.3. The van der Waals surface area contributed by atoms with Gasteiger partial charge >= 0.3 is 0 Å². The lowest BCUT2D eigenvalue weighted by molar-refractivity contribution is -0.113. The third-order valence-corrected chi connectivity index (χ3v) is 5.92. The molecule has 1 aromatic carbocycles. The molecule has 0 fully saturated rings. The summed E-state index contributed by atoms with van der Waals surface area (Å²) in [6.07, 6.45) is 1.81. The average molecular weight is 399 g/mol. The fourth-order valence-electron chi connectivity index (χ4n) is 2.78. The van der Waals surface area contributed by atoms with Crippen molar-refractivity contribution in [3.05, 3.63) is 58.3 Å². The number of allylic oxidation sites excluding steroid dienone is 1. The first kappa shape index (κ1) is 19.4. The number of anilines is 1. The molecule has 5 nitrogen and oxygen atoms in total. The average Bonchev–Trinajstić information content (AvgIpc) is 3.23. The molecule has 0 saturated carbocycles. The van der Waals surface area contributed by atoms with Gasteiger partial charge in [0.2, 0.25) is 5.91 Å². The molecule has 27 heavy (non-hydrogen) atoms. The number of carbonyl (C=O) groups excluding carboxylic acids is 1. The molecule has 0 aliphatic rings. The molecule has 0 radical (unpaired) electrons. The number of nitrogens with zero attached hydrogens (tertiary/aromatic N) is 3. The third kappa shape index (κ3) is 4.48. The van der Waals surface area contributed by atoms with E-state index in [4.69, 9.17) is 0 Å². The number of benzene rings is 1. The number of carbonyl (C=O) groups is 1. The monoisotopic (exact) mass is 398 g/mol. The molecule has 0 atom stereocenters. The maximum atomic E-state index is 12.4. The van der Waals surface area contributed by atoms with Gasteiger partial charge in [0.1, 0.15) is 0 Å². The Morgan fingerprint density at radius 1 is 1.30 bits per heavy atom. The predicted molar refractivity (Wildman–Crippen MR) is 114 cm³/mol. The molecule has 3 aromatic rings. The van der Waals surface area contributed by atoms with Crippen LogP contribution < -0.4 is 5.32 Å². The van der Waals surface area contributed by atoms with Gasteiger partial charge in [-0.05, 0) is 38.0 Å². The van der Waals surface area contributed by atoms with Gasteiger partial charge in [-0.3, -0.25) is 9.36 Å². The van der Waals surface area contributed by atoms with Crippen molar-refractivity contribution in [3.8, 4) is 11.4 Å². The van der Waals surface area contributed by atoms with E-state index in [2.05, 4.69) is 40.5 Å². The lowest BCUT2D eigenvalue weighted by Crippen LogP contribution is -2.16. The van der Waals surface area contributed by atoms with Crippen LogP contribution >= 0.6 is 23.1 Å². The summed E-state index contributed by atoms with van der Waals surface area (Å²) in [6, 6.07) is 8.06. The summed E-state index contributed by atoms with van der Waals surface area (Å²) in [7, 11) is 0. The minimum atomic E-state index is -0.0570. The number of hydrogen-bond donors (Lipinski definition) is 1. The summed E-state index contributed by atoms with van der Waals surface area (Å²) in [5, 5.41) is 14.4. The Morgan fingerprint density at radius 3 is 2.67 bits per heavy atom. The fourth-order valence-corrected chi connectivity index (χ4v) is 4.21. The number of aromatic nitrogens is 3. The molecule has 7 heteroatoms. The highest BCUT2D eigenvalue weighted by atomic mass is 32.2. The van der Waals surface area contributed by atoms with Gasteiger partial charge in [0, 0.05) is 28.1 Å². The van der Waals surface area contributed by atoms with E-state index in [-0.39, 0.29) is 11.7 Å². The zero-order valence-electron chi connectivity index (χ0n) is 15.7. The number of thioether (sulfide) groups is 1. The molecule has 1 N–H and O–H groups in total.